The number of carbonyl (C=O) groups is 1. The predicted octanol–water partition coefficient (Wildman–Crippen LogP) is 2.33. The van der Waals surface area contributed by atoms with E-state index in [-0.39, 0.29) is 0 Å². The Labute approximate surface area is 68.5 Å². The fourth-order valence-corrected chi connectivity index (χ4v) is 0.793. The van der Waals surface area contributed by atoms with E-state index < -0.39 is 0 Å². The van der Waals surface area contributed by atoms with Crippen LogP contribution in [0.2, 0.25) is 0 Å². The molecule has 1 nitrogen and oxygen atoms in total. The average molecular weight is 150 g/mol. The van der Waals surface area contributed by atoms with E-state index in [0.717, 1.165) is 19.3 Å². The molecule has 0 atom stereocenters. The van der Waals surface area contributed by atoms with Crippen LogP contribution in [0.3, 0.4) is 0 Å². The lowest BCUT2D eigenvalue weighted by Crippen LogP contribution is -1.74. The number of hydrogen-bond acceptors (Lipinski definition) is 1. The lowest BCUT2D eigenvalue weighted by molar-refractivity contribution is -0.103. The summed E-state index contributed by atoms with van der Waals surface area (Å²) in [7, 11) is 0. The van der Waals surface area contributed by atoms with E-state index in [1.807, 2.05) is 6.08 Å². The summed E-state index contributed by atoms with van der Waals surface area (Å²) < 4.78 is 0. The maximum atomic E-state index is 9.75. The van der Waals surface area contributed by atoms with E-state index in [2.05, 4.69) is 18.4 Å². The Morgan fingerprint density at radius 3 is 2.73 bits per heavy atom. The third-order valence-electron chi connectivity index (χ3n) is 1.37. The van der Waals surface area contributed by atoms with Gasteiger partial charge in [0, 0.05) is 6.42 Å². The Morgan fingerprint density at radius 2 is 2.09 bits per heavy atom. The summed E-state index contributed by atoms with van der Waals surface area (Å²) >= 11 is 0. The van der Waals surface area contributed by atoms with Gasteiger partial charge in [0.1, 0.15) is 0 Å². The summed E-state index contributed by atoms with van der Waals surface area (Å²) in [6, 6.07) is 0. The van der Waals surface area contributed by atoms with Crippen LogP contribution < -0.4 is 0 Å². The molecule has 0 aromatic rings. The summed E-state index contributed by atoms with van der Waals surface area (Å²) in [4.78, 5) is 9.75. The maximum absolute atomic E-state index is 9.75. The van der Waals surface area contributed by atoms with Gasteiger partial charge in [-0.3, -0.25) is 4.79 Å². The van der Waals surface area contributed by atoms with Gasteiger partial charge in [0.25, 0.3) is 0 Å². The van der Waals surface area contributed by atoms with Gasteiger partial charge < -0.3 is 0 Å². The first-order valence-electron chi connectivity index (χ1n) is 3.94. The van der Waals surface area contributed by atoms with Crippen LogP contribution in [0, 0.1) is 11.8 Å². The fourth-order valence-electron chi connectivity index (χ4n) is 0.793. The smallest absolute Gasteiger partial charge is 0.192 e. The molecule has 0 amide bonds. The number of unbranched alkanes of at least 4 members (excludes halogenated alkanes) is 4. The van der Waals surface area contributed by atoms with Crippen LogP contribution in [0.1, 0.15) is 32.1 Å². The lowest BCUT2D eigenvalue weighted by atomic mass is 10.1. The minimum absolute atomic E-state index is 0.643. The first kappa shape index (κ1) is 9.97. The van der Waals surface area contributed by atoms with Crippen molar-refractivity contribution in [2.45, 2.75) is 32.1 Å². The fraction of sp³-hybridized carbons (Fsp3) is 0.500. The molecule has 0 aromatic carbocycles. The summed E-state index contributed by atoms with van der Waals surface area (Å²) in [5.74, 6) is 5.16. The van der Waals surface area contributed by atoms with E-state index in [9.17, 15) is 4.79 Å². The van der Waals surface area contributed by atoms with Crippen molar-refractivity contribution in [1.82, 2.24) is 0 Å². The molecule has 0 saturated heterocycles. The number of aldehydes is 1. The molecule has 0 aromatic heterocycles. The molecule has 0 spiro atoms. The van der Waals surface area contributed by atoms with Crippen LogP contribution >= 0.6 is 0 Å². The molecule has 0 heterocycles. The van der Waals surface area contributed by atoms with Crippen molar-refractivity contribution in [2.75, 3.05) is 0 Å². The van der Waals surface area contributed by atoms with Crippen LogP contribution in [0.25, 0.3) is 0 Å². The maximum Gasteiger partial charge on any atom is 0.192 e. The molecule has 0 rings (SSSR count). The van der Waals surface area contributed by atoms with Crippen molar-refractivity contribution >= 4 is 6.29 Å². The zero-order chi connectivity index (χ0) is 8.36. The molecule has 1 heteroatoms. The van der Waals surface area contributed by atoms with Crippen molar-refractivity contribution in [3.8, 4) is 11.8 Å². The van der Waals surface area contributed by atoms with Crippen LogP contribution in [-0.4, -0.2) is 6.29 Å². The number of allylic oxidation sites excluding steroid dienone is 1. The Kier molecular flexibility index (Phi) is 8.13. The van der Waals surface area contributed by atoms with Gasteiger partial charge in [-0.05, 0) is 25.2 Å². The summed E-state index contributed by atoms with van der Waals surface area (Å²) in [5, 5.41) is 0. The van der Waals surface area contributed by atoms with Crippen molar-refractivity contribution in [2.24, 2.45) is 0 Å². The molecule has 11 heavy (non-hydrogen) atoms. The molecule has 0 bridgehead atoms. The second-order valence-corrected chi connectivity index (χ2v) is 2.33. The molecule has 0 aliphatic heterocycles. The average Bonchev–Trinajstić information content (AvgIpc) is 2.03. The molecule has 0 N–H and O–H groups in total. The quantitative estimate of drug-likeness (QED) is 0.254. The lowest BCUT2D eigenvalue weighted by Gasteiger charge is -1.91. The largest absolute Gasteiger partial charge is 0.289 e. The highest BCUT2D eigenvalue weighted by molar-refractivity contribution is 5.72. The third-order valence-corrected chi connectivity index (χ3v) is 1.37. The van der Waals surface area contributed by atoms with E-state index in [0.29, 0.717) is 6.29 Å². The zero-order valence-electron chi connectivity index (χ0n) is 6.81. The third kappa shape index (κ3) is 8.97. The highest BCUT2D eigenvalue weighted by Crippen LogP contribution is 2.01. The highest BCUT2D eigenvalue weighted by atomic mass is 16.1. The van der Waals surface area contributed by atoms with Gasteiger partial charge >= 0.3 is 0 Å². The van der Waals surface area contributed by atoms with Crippen molar-refractivity contribution in [3.63, 3.8) is 0 Å². The van der Waals surface area contributed by atoms with Gasteiger partial charge in [0.2, 0.25) is 0 Å². The van der Waals surface area contributed by atoms with Crippen molar-refractivity contribution in [3.05, 3.63) is 12.7 Å². The summed E-state index contributed by atoms with van der Waals surface area (Å²) in [5.41, 5.74) is 0. The van der Waals surface area contributed by atoms with Crippen LogP contribution in [0.4, 0.5) is 0 Å². The van der Waals surface area contributed by atoms with Gasteiger partial charge in [0.15, 0.2) is 6.29 Å². The van der Waals surface area contributed by atoms with Crippen molar-refractivity contribution in [1.29, 1.82) is 0 Å². The molecular weight excluding hydrogens is 136 g/mol. The second-order valence-electron chi connectivity index (χ2n) is 2.33. The van der Waals surface area contributed by atoms with Gasteiger partial charge in [0.05, 0.1) is 0 Å². The SMILES string of the molecule is C=CCCCCCC#CC=O. The normalized spacial score (nSPS) is 8.00. The van der Waals surface area contributed by atoms with Gasteiger partial charge in [-0.2, -0.15) is 0 Å². The molecule has 0 unspecified atom stereocenters. The predicted molar refractivity (Wildman–Crippen MR) is 47.1 cm³/mol. The zero-order valence-corrected chi connectivity index (χ0v) is 6.81. The minimum Gasteiger partial charge on any atom is -0.289 e. The van der Waals surface area contributed by atoms with E-state index >= 15 is 0 Å². The Hall–Kier alpha value is -1.03. The standard InChI is InChI=1S/C10H14O/c1-2-3-4-5-6-7-8-9-10-11/h2,10H,1,3-7H2. The van der Waals surface area contributed by atoms with Crippen LogP contribution in [-0.2, 0) is 4.79 Å². The van der Waals surface area contributed by atoms with Crippen LogP contribution in [0.5, 0.6) is 0 Å². The number of carbonyl (C=O) groups excluding carboxylic acids is 1. The molecule has 0 radical (unpaired) electrons. The Bertz CT molecular complexity index is 159. The molecule has 0 saturated carbocycles. The summed E-state index contributed by atoms with van der Waals surface area (Å²) in [6.45, 7) is 3.63. The first-order chi connectivity index (χ1) is 5.41. The molecule has 0 aliphatic carbocycles. The Morgan fingerprint density at radius 1 is 1.27 bits per heavy atom. The Balaban J connectivity index is 3.01. The molecule has 0 fully saturated rings. The van der Waals surface area contributed by atoms with Gasteiger partial charge in [-0.15, -0.1) is 6.58 Å². The van der Waals surface area contributed by atoms with Crippen molar-refractivity contribution < 1.29 is 4.79 Å². The minimum atomic E-state index is 0.643. The topological polar surface area (TPSA) is 17.1 Å². The van der Waals surface area contributed by atoms with Gasteiger partial charge in [-0.25, -0.2) is 0 Å². The van der Waals surface area contributed by atoms with Crippen LogP contribution in [0.15, 0.2) is 12.7 Å². The molecule has 60 valence electrons. The monoisotopic (exact) mass is 150 g/mol. The van der Waals surface area contributed by atoms with E-state index in [4.69, 9.17) is 0 Å². The van der Waals surface area contributed by atoms with E-state index in [1.54, 1.807) is 0 Å². The highest BCUT2D eigenvalue weighted by Gasteiger charge is 1.83. The number of hydrogen-bond donors (Lipinski definition) is 0. The second kappa shape index (κ2) is 8.97. The molecular formula is C10H14O. The van der Waals surface area contributed by atoms with Gasteiger partial charge in [-0.1, -0.05) is 18.4 Å². The molecule has 0 aliphatic rings. The summed E-state index contributed by atoms with van der Waals surface area (Å²) in [6.07, 6.45) is 7.96. The first-order valence-corrected chi connectivity index (χ1v) is 3.94. The number of rotatable bonds is 5. The van der Waals surface area contributed by atoms with E-state index in [1.165, 1.54) is 12.8 Å².